The van der Waals surface area contributed by atoms with Crippen LogP contribution in [0.3, 0.4) is 0 Å². The third kappa shape index (κ3) is 7.80. The van der Waals surface area contributed by atoms with Crippen LogP contribution in [0, 0.1) is 5.92 Å². The van der Waals surface area contributed by atoms with E-state index in [1.165, 1.54) is 17.7 Å². The number of hydrogen-bond acceptors (Lipinski definition) is 4. The van der Waals surface area contributed by atoms with Gasteiger partial charge in [0.05, 0.1) is 6.04 Å². The van der Waals surface area contributed by atoms with Gasteiger partial charge in [-0.15, -0.1) is 11.3 Å². The van der Waals surface area contributed by atoms with E-state index in [9.17, 15) is 4.79 Å². The predicted molar refractivity (Wildman–Crippen MR) is 119 cm³/mol. The fourth-order valence-electron chi connectivity index (χ4n) is 3.37. The van der Waals surface area contributed by atoms with Crippen LogP contribution in [0.4, 0.5) is 0 Å². The van der Waals surface area contributed by atoms with Crippen LogP contribution in [0.1, 0.15) is 58.4 Å². The standard InChI is InChI=1S/C21H37N5OS/c1-6-22-20(24-15-19(27)25-21(3,4)5)23-14-17(18-8-7-13-28-18)26-11-9-16(2)10-12-26/h7-8,13,16-17H,6,9-12,14-15H2,1-5H3,(H,25,27)(H2,22,23,24). The van der Waals surface area contributed by atoms with Gasteiger partial charge in [0.25, 0.3) is 0 Å². The molecule has 1 aromatic rings. The average molecular weight is 408 g/mol. The van der Waals surface area contributed by atoms with Gasteiger partial charge in [0.2, 0.25) is 5.91 Å². The van der Waals surface area contributed by atoms with Crippen LogP contribution in [0.2, 0.25) is 0 Å². The lowest BCUT2D eigenvalue weighted by Crippen LogP contribution is -2.46. The molecule has 6 nitrogen and oxygen atoms in total. The zero-order chi connectivity index (χ0) is 20.6. The predicted octanol–water partition coefficient (Wildman–Crippen LogP) is 2.99. The number of likely N-dealkylation sites (tertiary alicyclic amines) is 1. The fraction of sp³-hybridized carbons (Fsp3) is 0.714. The van der Waals surface area contributed by atoms with Crippen molar-refractivity contribution in [3.8, 4) is 0 Å². The van der Waals surface area contributed by atoms with Crippen molar-refractivity contribution in [2.75, 3.05) is 32.7 Å². The van der Waals surface area contributed by atoms with Crippen molar-refractivity contribution in [1.29, 1.82) is 0 Å². The molecule has 0 radical (unpaired) electrons. The minimum Gasteiger partial charge on any atom is -0.357 e. The lowest BCUT2D eigenvalue weighted by molar-refractivity contribution is -0.121. The summed E-state index contributed by atoms with van der Waals surface area (Å²) in [4.78, 5) is 20.5. The van der Waals surface area contributed by atoms with Crippen molar-refractivity contribution in [1.82, 2.24) is 20.9 Å². The molecular formula is C21H37N5OS. The second kappa shape index (κ2) is 10.8. The summed E-state index contributed by atoms with van der Waals surface area (Å²) in [7, 11) is 0. The van der Waals surface area contributed by atoms with E-state index >= 15 is 0 Å². The molecule has 2 rings (SSSR count). The third-order valence-electron chi connectivity index (χ3n) is 4.83. The number of amides is 1. The topological polar surface area (TPSA) is 68.8 Å². The Bertz CT molecular complexity index is 615. The van der Waals surface area contributed by atoms with E-state index in [-0.39, 0.29) is 18.0 Å². The normalized spacial score (nSPS) is 18.0. The van der Waals surface area contributed by atoms with Crippen LogP contribution in [-0.4, -0.2) is 55.0 Å². The second-order valence-corrected chi connectivity index (χ2v) is 9.60. The summed E-state index contributed by atoms with van der Waals surface area (Å²) >= 11 is 1.81. The Hall–Kier alpha value is -1.60. The number of rotatable bonds is 7. The first-order valence-corrected chi connectivity index (χ1v) is 11.3. The number of carbonyl (C=O) groups is 1. The number of aliphatic imine (C=N–C) groups is 1. The minimum atomic E-state index is -0.242. The van der Waals surface area contributed by atoms with Crippen molar-refractivity contribution in [2.24, 2.45) is 10.9 Å². The van der Waals surface area contributed by atoms with Crippen molar-refractivity contribution in [2.45, 2.75) is 59.0 Å². The quantitative estimate of drug-likeness (QED) is 0.480. The molecule has 0 spiro atoms. The van der Waals surface area contributed by atoms with Gasteiger partial charge in [0.1, 0.15) is 6.54 Å². The van der Waals surface area contributed by atoms with Crippen molar-refractivity contribution in [3.63, 3.8) is 0 Å². The first kappa shape index (κ1) is 22.7. The Kier molecular flexibility index (Phi) is 8.76. The van der Waals surface area contributed by atoms with Crippen LogP contribution >= 0.6 is 11.3 Å². The molecule has 0 bridgehead atoms. The smallest absolute Gasteiger partial charge is 0.242 e. The summed E-state index contributed by atoms with van der Waals surface area (Å²) < 4.78 is 0. The molecule has 7 heteroatoms. The lowest BCUT2D eigenvalue weighted by Gasteiger charge is -2.36. The summed E-state index contributed by atoms with van der Waals surface area (Å²) in [6, 6.07) is 4.67. The van der Waals surface area contributed by atoms with Gasteiger partial charge >= 0.3 is 0 Å². The summed E-state index contributed by atoms with van der Waals surface area (Å²) in [5.41, 5.74) is -0.242. The van der Waals surface area contributed by atoms with Gasteiger partial charge in [0.15, 0.2) is 5.96 Å². The first-order valence-electron chi connectivity index (χ1n) is 10.4. The summed E-state index contributed by atoms with van der Waals surface area (Å²) in [6.07, 6.45) is 2.51. The van der Waals surface area contributed by atoms with Gasteiger partial charge in [-0.05, 0) is 71.0 Å². The maximum Gasteiger partial charge on any atom is 0.242 e. The highest BCUT2D eigenvalue weighted by Gasteiger charge is 2.25. The molecule has 1 saturated heterocycles. The molecule has 0 aliphatic carbocycles. The van der Waals surface area contributed by atoms with Crippen LogP contribution in [-0.2, 0) is 4.79 Å². The molecular weight excluding hydrogens is 370 g/mol. The Morgan fingerprint density at radius 2 is 2.04 bits per heavy atom. The number of thiophene rings is 1. The summed E-state index contributed by atoms with van der Waals surface area (Å²) in [5.74, 6) is 1.44. The van der Waals surface area contributed by atoms with Gasteiger partial charge in [-0.3, -0.25) is 9.69 Å². The zero-order valence-corrected chi connectivity index (χ0v) is 18.9. The molecule has 28 heavy (non-hydrogen) atoms. The molecule has 1 aliphatic rings. The Balaban J connectivity index is 1.99. The van der Waals surface area contributed by atoms with Gasteiger partial charge in [-0.2, -0.15) is 0 Å². The molecule has 0 saturated carbocycles. The van der Waals surface area contributed by atoms with Crippen LogP contribution in [0.25, 0.3) is 0 Å². The highest BCUT2D eigenvalue weighted by Crippen LogP contribution is 2.29. The van der Waals surface area contributed by atoms with Crippen molar-refractivity contribution in [3.05, 3.63) is 22.4 Å². The maximum atomic E-state index is 12.1. The van der Waals surface area contributed by atoms with E-state index in [1.54, 1.807) is 0 Å². The first-order chi connectivity index (χ1) is 13.3. The minimum absolute atomic E-state index is 0.0653. The molecule has 158 valence electrons. The Morgan fingerprint density at radius 3 is 2.61 bits per heavy atom. The van der Waals surface area contributed by atoms with E-state index in [1.807, 2.05) is 39.0 Å². The molecule has 1 aliphatic heterocycles. The SMILES string of the molecule is CCNC(=NCC(=O)NC(C)(C)C)NCC(c1cccs1)N1CCC(C)CC1. The van der Waals surface area contributed by atoms with Crippen LogP contribution in [0.5, 0.6) is 0 Å². The monoisotopic (exact) mass is 407 g/mol. The Labute approximate surface area is 174 Å². The summed E-state index contributed by atoms with van der Waals surface area (Å²) in [6.45, 7) is 14.2. The second-order valence-electron chi connectivity index (χ2n) is 8.62. The third-order valence-corrected chi connectivity index (χ3v) is 5.81. The molecule has 1 unspecified atom stereocenters. The number of carbonyl (C=O) groups excluding carboxylic acids is 1. The number of nitrogens with zero attached hydrogens (tertiary/aromatic N) is 2. The largest absolute Gasteiger partial charge is 0.357 e. The molecule has 1 atom stereocenters. The van der Waals surface area contributed by atoms with E-state index in [2.05, 4.69) is 50.3 Å². The van der Waals surface area contributed by atoms with Crippen LogP contribution in [0.15, 0.2) is 22.5 Å². The molecule has 1 amide bonds. The highest BCUT2D eigenvalue weighted by molar-refractivity contribution is 7.10. The lowest BCUT2D eigenvalue weighted by atomic mass is 9.97. The van der Waals surface area contributed by atoms with Gasteiger partial charge in [-0.1, -0.05) is 13.0 Å². The Morgan fingerprint density at radius 1 is 1.32 bits per heavy atom. The van der Waals surface area contributed by atoms with Gasteiger partial charge in [0, 0.05) is 23.5 Å². The summed E-state index contributed by atoms with van der Waals surface area (Å²) in [5, 5.41) is 11.8. The highest BCUT2D eigenvalue weighted by atomic mass is 32.1. The van der Waals surface area contributed by atoms with Gasteiger partial charge < -0.3 is 16.0 Å². The van der Waals surface area contributed by atoms with E-state index < -0.39 is 0 Å². The maximum absolute atomic E-state index is 12.1. The number of piperidine rings is 1. The van der Waals surface area contributed by atoms with E-state index in [4.69, 9.17) is 0 Å². The molecule has 1 aromatic heterocycles. The molecule has 3 N–H and O–H groups in total. The molecule has 1 fully saturated rings. The number of hydrogen-bond donors (Lipinski definition) is 3. The van der Waals surface area contributed by atoms with E-state index in [0.29, 0.717) is 12.0 Å². The zero-order valence-electron chi connectivity index (χ0n) is 18.0. The fourth-order valence-corrected chi connectivity index (χ4v) is 4.24. The average Bonchev–Trinajstić information content (AvgIpc) is 3.14. The van der Waals surface area contributed by atoms with Crippen LogP contribution < -0.4 is 16.0 Å². The van der Waals surface area contributed by atoms with Crippen molar-refractivity contribution >= 4 is 23.2 Å². The number of guanidine groups is 1. The van der Waals surface area contributed by atoms with Crippen molar-refractivity contribution < 1.29 is 4.79 Å². The van der Waals surface area contributed by atoms with E-state index in [0.717, 1.165) is 32.1 Å². The molecule has 0 aromatic carbocycles. The number of nitrogens with one attached hydrogen (secondary N) is 3. The molecule has 2 heterocycles. The van der Waals surface area contributed by atoms with Gasteiger partial charge in [-0.25, -0.2) is 4.99 Å².